The van der Waals surface area contributed by atoms with Gasteiger partial charge in [-0.15, -0.1) is 0 Å². The number of fused-ring (bicyclic) bond motifs is 1. The number of pyridine rings is 1. The van der Waals surface area contributed by atoms with E-state index >= 15 is 0 Å². The number of amides is 1. The van der Waals surface area contributed by atoms with Crippen molar-refractivity contribution >= 4 is 33.5 Å². The van der Waals surface area contributed by atoms with Gasteiger partial charge in [-0.05, 0) is 35.8 Å². The van der Waals surface area contributed by atoms with E-state index in [0.29, 0.717) is 32.6 Å². The van der Waals surface area contributed by atoms with E-state index in [0.717, 1.165) is 11.5 Å². The van der Waals surface area contributed by atoms with Crippen molar-refractivity contribution in [3.63, 3.8) is 0 Å². The molecule has 150 valence electrons. The first kappa shape index (κ1) is 19.5. The van der Waals surface area contributed by atoms with Gasteiger partial charge in [-0.3, -0.25) is 9.59 Å². The minimum atomic E-state index is -1.23. The molecule has 7 nitrogen and oxygen atoms in total. The number of aromatic hydroxyl groups is 1. The van der Waals surface area contributed by atoms with E-state index in [9.17, 15) is 19.1 Å². The summed E-state index contributed by atoms with van der Waals surface area (Å²) < 4.78 is 18.3. The van der Waals surface area contributed by atoms with Gasteiger partial charge in [0.05, 0.1) is 21.5 Å². The molecule has 0 bridgehead atoms. The Hall–Kier alpha value is -3.85. The van der Waals surface area contributed by atoms with Crippen LogP contribution in [0.5, 0.6) is 5.75 Å². The second kappa shape index (κ2) is 7.88. The van der Waals surface area contributed by atoms with Crippen LogP contribution in [-0.2, 0) is 4.79 Å². The first-order chi connectivity index (χ1) is 14.5. The minimum Gasteiger partial charge on any atom is -0.505 e. The monoisotopic (exact) mass is 423 g/mol. The first-order valence-electron chi connectivity index (χ1n) is 8.79. The molecular weight excluding hydrogens is 409 g/mol. The summed E-state index contributed by atoms with van der Waals surface area (Å²) in [4.78, 5) is 27.7. The zero-order chi connectivity index (χ0) is 21.3. The number of aromatic nitrogens is 2. The van der Waals surface area contributed by atoms with Gasteiger partial charge < -0.3 is 15.5 Å². The lowest BCUT2D eigenvalue weighted by molar-refractivity contribution is -0.135. The van der Waals surface area contributed by atoms with E-state index in [1.165, 1.54) is 24.3 Å². The van der Waals surface area contributed by atoms with E-state index in [1.54, 1.807) is 12.1 Å². The Morgan fingerprint density at radius 2 is 1.67 bits per heavy atom. The number of carboxylic acid groups (broad SMARTS) is 1. The third kappa shape index (κ3) is 3.58. The fraction of sp³-hybridized carbons (Fsp3) is 0.0476. The number of halogens is 1. The summed E-state index contributed by atoms with van der Waals surface area (Å²) in [6, 6.07) is 14.6. The van der Waals surface area contributed by atoms with Crippen molar-refractivity contribution in [3.05, 3.63) is 66.1 Å². The lowest BCUT2D eigenvalue weighted by Gasteiger charge is -2.10. The highest BCUT2D eigenvalue weighted by Gasteiger charge is 2.25. The highest BCUT2D eigenvalue weighted by Crippen LogP contribution is 2.42. The van der Waals surface area contributed by atoms with Crippen molar-refractivity contribution in [3.8, 4) is 28.3 Å². The van der Waals surface area contributed by atoms with Gasteiger partial charge in [0.25, 0.3) is 5.91 Å². The fourth-order valence-electron chi connectivity index (χ4n) is 3.00. The molecule has 9 heteroatoms. The van der Waals surface area contributed by atoms with Crippen LogP contribution in [-0.4, -0.2) is 38.0 Å². The summed E-state index contributed by atoms with van der Waals surface area (Å²) in [6.07, 6.45) is 0. The van der Waals surface area contributed by atoms with Gasteiger partial charge in [-0.2, -0.15) is 4.37 Å². The predicted molar refractivity (Wildman–Crippen MR) is 110 cm³/mol. The van der Waals surface area contributed by atoms with Gasteiger partial charge in [0.2, 0.25) is 0 Å². The molecule has 0 aliphatic heterocycles. The summed E-state index contributed by atoms with van der Waals surface area (Å²) in [5.74, 6) is -2.88. The molecular formula is C21H14FN3O4S. The minimum absolute atomic E-state index is 0.293. The van der Waals surface area contributed by atoms with Gasteiger partial charge in [-0.1, -0.05) is 30.3 Å². The Labute approximate surface area is 173 Å². The van der Waals surface area contributed by atoms with Crippen molar-refractivity contribution in [2.75, 3.05) is 6.54 Å². The third-order valence-corrected chi connectivity index (χ3v) is 5.23. The van der Waals surface area contributed by atoms with Crippen molar-refractivity contribution in [1.29, 1.82) is 0 Å². The number of carbonyl (C=O) groups is 2. The molecule has 0 radical (unpaired) electrons. The zero-order valence-electron chi connectivity index (χ0n) is 15.3. The summed E-state index contributed by atoms with van der Waals surface area (Å²) >= 11 is 1.10. The Bertz CT molecular complexity index is 1260. The molecule has 0 aliphatic rings. The molecule has 30 heavy (non-hydrogen) atoms. The van der Waals surface area contributed by atoms with Gasteiger partial charge in [0.1, 0.15) is 12.4 Å². The van der Waals surface area contributed by atoms with Crippen LogP contribution in [0.1, 0.15) is 10.5 Å². The van der Waals surface area contributed by atoms with Crippen LogP contribution in [0.3, 0.4) is 0 Å². The van der Waals surface area contributed by atoms with Crippen LogP contribution in [0.2, 0.25) is 0 Å². The number of aliphatic carboxylic acids is 1. The van der Waals surface area contributed by atoms with Crippen LogP contribution >= 0.6 is 11.5 Å². The highest BCUT2D eigenvalue weighted by molar-refractivity contribution is 7.14. The maximum atomic E-state index is 13.3. The molecule has 0 atom stereocenters. The molecule has 0 fully saturated rings. The van der Waals surface area contributed by atoms with Crippen LogP contribution in [0.15, 0.2) is 54.6 Å². The van der Waals surface area contributed by atoms with Crippen LogP contribution in [0, 0.1) is 5.82 Å². The number of carboxylic acids is 1. The summed E-state index contributed by atoms with van der Waals surface area (Å²) in [5, 5.41) is 22.2. The molecule has 2 heterocycles. The van der Waals surface area contributed by atoms with Gasteiger partial charge >= 0.3 is 5.97 Å². The Kier molecular flexibility index (Phi) is 5.11. The smallest absolute Gasteiger partial charge is 0.322 e. The van der Waals surface area contributed by atoms with Crippen molar-refractivity contribution in [1.82, 2.24) is 14.7 Å². The molecule has 2 aromatic heterocycles. The van der Waals surface area contributed by atoms with Crippen LogP contribution in [0.4, 0.5) is 4.39 Å². The standard InChI is InChI=1S/C21H14FN3O4S/c22-13-8-6-12(7-9-13)16-15-19(28)18(21(29)23-10-14(26)27)24-17(20(15)30-25-16)11-4-2-1-3-5-11/h1-9,28H,10H2,(H,23,29)(H,26,27). The lowest BCUT2D eigenvalue weighted by atomic mass is 10.0. The lowest BCUT2D eigenvalue weighted by Crippen LogP contribution is -2.30. The van der Waals surface area contributed by atoms with E-state index in [4.69, 9.17) is 5.11 Å². The average Bonchev–Trinajstić information content (AvgIpc) is 3.19. The second-order valence-electron chi connectivity index (χ2n) is 6.34. The van der Waals surface area contributed by atoms with E-state index in [2.05, 4.69) is 14.7 Å². The van der Waals surface area contributed by atoms with E-state index in [-0.39, 0.29) is 5.69 Å². The Balaban J connectivity index is 1.96. The maximum Gasteiger partial charge on any atom is 0.322 e. The molecule has 0 saturated carbocycles. The van der Waals surface area contributed by atoms with Gasteiger partial charge in [-0.25, -0.2) is 9.37 Å². The fourth-order valence-corrected chi connectivity index (χ4v) is 3.91. The summed E-state index contributed by atoms with van der Waals surface area (Å²) in [5.41, 5.74) is 1.74. The molecule has 4 rings (SSSR count). The normalized spacial score (nSPS) is 10.8. The number of carbonyl (C=O) groups excluding carboxylic acids is 1. The van der Waals surface area contributed by atoms with Crippen molar-refractivity contribution in [2.45, 2.75) is 0 Å². The SMILES string of the molecule is O=C(O)CNC(=O)c1nc(-c2ccccc2)c2snc(-c3ccc(F)cc3)c2c1O. The highest BCUT2D eigenvalue weighted by atomic mass is 32.1. The van der Waals surface area contributed by atoms with Gasteiger partial charge in [0.15, 0.2) is 11.4 Å². The van der Waals surface area contributed by atoms with Gasteiger partial charge in [0, 0.05) is 11.1 Å². The number of rotatable bonds is 5. The molecule has 0 spiro atoms. The van der Waals surface area contributed by atoms with Crippen LogP contribution in [0.25, 0.3) is 32.6 Å². The second-order valence-corrected chi connectivity index (χ2v) is 7.12. The summed E-state index contributed by atoms with van der Waals surface area (Å²) in [6.45, 7) is -0.620. The number of nitrogens with zero attached hydrogens (tertiary/aromatic N) is 2. The quantitative estimate of drug-likeness (QED) is 0.451. The molecule has 2 aromatic carbocycles. The number of benzene rings is 2. The van der Waals surface area contributed by atoms with E-state index < -0.39 is 30.0 Å². The topological polar surface area (TPSA) is 112 Å². The van der Waals surface area contributed by atoms with Crippen molar-refractivity contribution in [2.24, 2.45) is 0 Å². The molecule has 1 amide bonds. The number of hydrogen-bond donors (Lipinski definition) is 3. The maximum absolute atomic E-state index is 13.3. The van der Waals surface area contributed by atoms with E-state index in [1.807, 2.05) is 18.2 Å². The predicted octanol–water partition coefficient (Wildman–Crippen LogP) is 3.68. The zero-order valence-corrected chi connectivity index (χ0v) is 16.1. The molecule has 3 N–H and O–H groups in total. The molecule has 4 aromatic rings. The average molecular weight is 423 g/mol. The number of nitrogens with one attached hydrogen (secondary N) is 1. The Morgan fingerprint density at radius 1 is 1.00 bits per heavy atom. The number of hydrogen-bond acceptors (Lipinski definition) is 6. The largest absolute Gasteiger partial charge is 0.505 e. The molecule has 0 aliphatic carbocycles. The summed E-state index contributed by atoms with van der Waals surface area (Å²) in [7, 11) is 0. The third-order valence-electron chi connectivity index (χ3n) is 4.37. The van der Waals surface area contributed by atoms with Crippen molar-refractivity contribution < 1.29 is 24.2 Å². The Morgan fingerprint density at radius 3 is 2.33 bits per heavy atom. The molecule has 0 saturated heterocycles. The molecule has 0 unspecified atom stereocenters. The van der Waals surface area contributed by atoms with Crippen LogP contribution < -0.4 is 5.32 Å². The first-order valence-corrected chi connectivity index (χ1v) is 9.56.